The van der Waals surface area contributed by atoms with Gasteiger partial charge in [-0.05, 0) is 37.1 Å². The highest BCUT2D eigenvalue weighted by Crippen LogP contribution is 2.19. The summed E-state index contributed by atoms with van der Waals surface area (Å²) < 4.78 is 13.6. The number of rotatable bonds is 3. The van der Waals surface area contributed by atoms with Gasteiger partial charge in [-0.2, -0.15) is 0 Å². The fourth-order valence-electron chi connectivity index (χ4n) is 2.75. The van der Waals surface area contributed by atoms with Crippen molar-refractivity contribution in [3.8, 4) is 0 Å². The van der Waals surface area contributed by atoms with Gasteiger partial charge in [0, 0.05) is 13.1 Å². The molecule has 0 unspecified atom stereocenters. The normalized spacial score (nSPS) is 15.1. The second kappa shape index (κ2) is 7.22. The lowest BCUT2D eigenvalue weighted by molar-refractivity contribution is 0.0756. The minimum Gasteiger partial charge on any atom is -0.352 e. The number of hydrogen-bond donors (Lipinski definition) is 1. The predicted octanol–water partition coefficient (Wildman–Crippen LogP) is 3.98. The predicted molar refractivity (Wildman–Crippen MR) is 88.3 cm³/mol. The molecule has 1 amide bonds. The van der Waals surface area contributed by atoms with Crippen LogP contribution in [0.5, 0.6) is 0 Å². The molecule has 1 saturated heterocycles. The molecular formula is C18H20FN3O. The van der Waals surface area contributed by atoms with Crippen LogP contribution < -0.4 is 5.32 Å². The minimum absolute atomic E-state index is 0.0238. The number of carbonyl (C=O) groups is 1. The van der Waals surface area contributed by atoms with Gasteiger partial charge in [-0.1, -0.05) is 25.0 Å². The SMILES string of the molecule is O=C(c1ccc(Nc2ccccc2F)cn1)N1CCCCCC1. The maximum Gasteiger partial charge on any atom is 0.272 e. The Morgan fingerprint density at radius 3 is 2.43 bits per heavy atom. The average molecular weight is 313 g/mol. The van der Waals surface area contributed by atoms with Crippen LogP contribution in [0.25, 0.3) is 0 Å². The molecule has 4 nitrogen and oxygen atoms in total. The molecule has 0 bridgehead atoms. The van der Waals surface area contributed by atoms with Gasteiger partial charge in [-0.25, -0.2) is 9.37 Å². The van der Waals surface area contributed by atoms with Crippen molar-refractivity contribution in [1.29, 1.82) is 0 Å². The third-order valence-electron chi connectivity index (χ3n) is 4.03. The van der Waals surface area contributed by atoms with E-state index in [1.165, 1.54) is 18.9 Å². The Labute approximate surface area is 135 Å². The Bertz CT molecular complexity index is 664. The number of amides is 1. The van der Waals surface area contributed by atoms with Crippen molar-refractivity contribution in [3.63, 3.8) is 0 Å². The van der Waals surface area contributed by atoms with Crippen LogP contribution >= 0.6 is 0 Å². The molecule has 0 atom stereocenters. The second-order valence-corrected chi connectivity index (χ2v) is 5.74. The van der Waals surface area contributed by atoms with Gasteiger partial charge < -0.3 is 10.2 Å². The first-order chi connectivity index (χ1) is 11.2. The van der Waals surface area contributed by atoms with Crippen molar-refractivity contribution < 1.29 is 9.18 Å². The molecule has 3 rings (SSSR count). The highest BCUT2D eigenvalue weighted by molar-refractivity contribution is 5.92. The summed E-state index contributed by atoms with van der Waals surface area (Å²) in [5, 5.41) is 2.97. The average Bonchev–Trinajstić information content (AvgIpc) is 2.86. The van der Waals surface area contributed by atoms with E-state index in [4.69, 9.17) is 0 Å². The smallest absolute Gasteiger partial charge is 0.272 e. The van der Waals surface area contributed by atoms with Crippen molar-refractivity contribution in [3.05, 3.63) is 54.1 Å². The number of aromatic nitrogens is 1. The van der Waals surface area contributed by atoms with Gasteiger partial charge >= 0.3 is 0 Å². The lowest BCUT2D eigenvalue weighted by Crippen LogP contribution is -2.32. The molecule has 120 valence electrons. The van der Waals surface area contributed by atoms with Gasteiger partial charge in [0.2, 0.25) is 0 Å². The number of carbonyl (C=O) groups excluding carboxylic acids is 1. The first kappa shape index (κ1) is 15.5. The molecule has 23 heavy (non-hydrogen) atoms. The summed E-state index contributed by atoms with van der Waals surface area (Å²) in [4.78, 5) is 18.6. The molecule has 1 aromatic carbocycles. The summed E-state index contributed by atoms with van der Waals surface area (Å²) in [6, 6.07) is 9.90. The molecular weight excluding hydrogens is 293 g/mol. The number of likely N-dealkylation sites (tertiary alicyclic amines) is 1. The van der Waals surface area contributed by atoms with Gasteiger partial charge in [-0.15, -0.1) is 0 Å². The summed E-state index contributed by atoms with van der Waals surface area (Å²) in [5.41, 5.74) is 1.48. The zero-order chi connectivity index (χ0) is 16.1. The monoisotopic (exact) mass is 313 g/mol. The molecule has 1 fully saturated rings. The molecule has 0 saturated carbocycles. The molecule has 1 N–H and O–H groups in total. The van der Waals surface area contributed by atoms with Gasteiger partial charge in [0.1, 0.15) is 11.5 Å². The molecule has 0 radical (unpaired) electrons. The summed E-state index contributed by atoms with van der Waals surface area (Å²) in [6.45, 7) is 1.60. The lowest BCUT2D eigenvalue weighted by atomic mass is 10.2. The summed E-state index contributed by atoms with van der Waals surface area (Å²) in [6.07, 6.45) is 6.04. The fraction of sp³-hybridized carbons (Fsp3) is 0.333. The van der Waals surface area contributed by atoms with E-state index in [-0.39, 0.29) is 11.7 Å². The van der Waals surface area contributed by atoms with Crippen molar-refractivity contribution in [2.75, 3.05) is 18.4 Å². The van der Waals surface area contributed by atoms with E-state index in [0.29, 0.717) is 17.1 Å². The Morgan fingerprint density at radius 1 is 1.04 bits per heavy atom. The van der Waals surface area contributed by atoms with Crippen molar-refractivity contribution in [1.82, 2.24) is 9.88 Å². The zero-order valence-corrected chi connectivity index (χ0v) is 13.0. The Hall–Kier alpha value is -2.43. The molecule has 5 heteroatoms. The van der Waals surface area contributed by atoms with E-state index in [2.05, 4.69) is 10.3 Å². The minimum atomic E-state index is -0.322. The quantitative estimate of drug-likeness (QED) is 0.932. The van der Waals surface area contributed by atoms with Crippen LogP contribution in [-0.4, -0.2) is 28.9 Å². The number of anilines is 2. The highest BCUT2D eigenvalue weighted by atomic mass is 19.1. The van der Waals surface area contributed by atoms with Crippen molar-refractivity contribution in [2.45, 2.75) is 25.7 Å². The number of para-hydroxylation sites is 1. The Kier molecular flexibility index (Phi) is 4.86. The maximum atomic E-state index is 13.6. The Morgan fingerprint density at radius 2 is 1.78 bits per heavy atom. The first-order valence-electron chi connectivity index (χ1n) is 8.01. The maximum absolute atomic E-state index is 13.6. The first-order valence-corrected chi connectivity index (χ1v) is 8.01. The number of pyridine rings is 1. The number of nitrogens with one attached hydrogen (secondary N) is 1. The van der Waals surface area contributed by atoms with E-state index in [9.17, 15) is 9.18 Å². The van der Waals surface area contributed by atoms with Crippen LogP contribution in [0.1, 0.15) is 36.2 Å². The third-order valence-corrected chi connectivity index (χ3v) is 4.03. The lowest BCUT2D eigenvalue weighted by Gasteiger charge is -2.19. The zero-order valence-electron chi connectivity index (χ0n) is 13.0. The van der Waals surface area contributed by atoms with E-state index in [1.807, 2.05) is 4.90 Å². The van der Waals surface area contributed by atoms with Crippen LogP contribution in [0.15, 0.2) is 42.6 Å². The van der Waals surface area contributed by atoms with E-state index < -0.39 is 0 Å². The van der Waals surface area contributed by atoms with Gasteiger partial charge in [0.05, 0.1) is 17.6 Å². The van der Waals surface area contributed by atoms with Gasteiger partial charge in [0.15, 0.2) is 0 Å². The number of hydrogen-bond acceptors (Lipinski definition) is 3. The summed E-state index contributed by atoms with van der Waals surface area (Å²) >= 11 is 0. The standard InChI is InChI=1S/C18H20FN3O/c19-15-7-3-4-8-16(15)21-14-9-10-17(20-13-14)18(23)22-11-5-1-2-6-12-22/h3-4,7-10,13,21H,1-2,5-6,11-12H2. The molecule has 2 heterocycles. The highest BCUT2D eigenvalue weighted by Gasteiger charge is 2.18. The van der Waals surface area contributed by atoms with Crippen molar-refractivity contribution in [2.24, 2.45) is 0 Å². The summed E-state index contributed by atoms with van der Waals surface area (Å²) in [5.74, 6) is -0.346. The van der Waals surface area contributed by atoms with Gasteiger partial charge in [-0.3, -0.25) is 4.79 Å². The number of nitrogens with zero attached hydrogens (tertiary/aromatic N) is 2. The molecule has 1 aliphatic heterocycles. The molecule has 0 aliphatic carbocycles. The van der Waals surface area contributed by atoms with Crippen molar-refractivity contribution >= 4 is 17.3 Å². The third kappa shape index (κ3) is 3.86. The summed E-state index contributed by atoms with van der Waals surface area (Å²) in [7, 11) is 0. The molecule has 1 aliphatic rings. The Balaban J connectivity index is 1.69. The second-order valence-electron chi connectivity index (χ2n) is 5.74. The molecule has 0 spiro atoms. The molecule has 2 aromatic rings. The number of benzene rings is 1. The van der Waals surface area contributed by atoms with Crippen LogP contribution in [0.3, 0.4) is 0 Å². The van der Waals surface area contributed by atoms with Crippen LogP contribution in [0.4, 0.5) is 15.8 Å². The van der Waals surface area contributed by atoms with E-state index >= 15 is 0 Å². The number of halogens is 1. The van der Waals surface area contributed by atoms with Gasteiger partial charge in [0.25, 0.3) is 5.91 Å². The van der Waals surface area contributed by atoms with E-state index in [1.54, 1.807) is 36.5 Å². The topological polar surface area (TPSA) is 45.2 Å². The largest absolute Gasteiger partial charge is 0.352 e. The van der Waals surface area contributed by atoms with Crippen LogP contribution in [0, 0.1) is 5.82 Å². The molecule has 1 aromatic heterocycles. The van der Waals surface area contributed by atoms with Crippen LogP contribution in [-0.2, 0) is 0 Å². The van der Waals surface area contributed by atoms with Crippen LogP contribution in [0.2, 0.25) is 0 Å². The fourth-order valence-corrected chi connectivity index (χ4v) is 2.75. The van der Waals surface area contributed by atoms with E-state index in [0.717, 1.165) is 25.9 Å².